The first-order chi connectivity index (χ1) is 13.9. The first-order valence-electron chi connectivity index (χ1n) is 9.54. The second kappa shape index (κ2) is 7.98. The summed E-state index contributed by atoms with van der Waals surface area (Å²) >= 11 is 0. The van der Waals surface area contributed by atoms with Gasteiger partial charge in [-0.2, -0.15) is 0 Å². The molecule has 8 heteroatoms. The van der Waals surface area contributed by atoms with Crippen LogP contribution in [0.1, 0.15) is 39.2 Å². The number of nitrogens with one attached hydrogen (secondary N) is 1. The zero-order valence-corrected chi connectivity index (χ0v) is 16.7. The van der Waals surface area contributed by atoms with Crippen molar-refractivity contribution in [2.75, 3.05) is 13.2 Å². The van der Waals surface area contributed by atoms with Crippen LogP contribution in [0.4, 0.5) is 0 Å². The number of hydrogen-bond donors (Lipinski definition) is 2. The standard InChI is InChI=1S/C21H24N2O6/c1-4-6-11-28-19(25)16-17(22)29-14-10-8-7-9-13(14)21(16)15(18(24)27-5-2)12(3)23-20(21)26/h7-10H,4-6,11,22H2,1-3H3,(H,23,26). The molecule has 8 nitrogen and oxygen atoms in total. The molecule has 0 aliphatic carbocycles. The second-order valence-electron chi connectivity index (χ2n) is 6.75. The molecular weight excluding hydrogens is 376 g/mol. The molecule has 3 N–H and O–H groups in total. The van der Waals surface area contributed by atoms with Gasteiger partial charge in [0, 0.05) is 11.3 Å². The van der Waals surface area contributed by atoms with Gasteiger partial charge in [0.25, 0.3) is 0 Å². The van der Waals surface area contributed by atoms with Gasteiger partial charge in [-0.05, 0) is 26.3 Å². The van der Waals surface area contributed by atoms with E-state index in [2.05, 4.69) is 5.32 Å². The van der Waals surface area contributed by atoms with Gasteiger partial charge in [0.05, 0.1) is 18.8 Å². The number of nitrogens with two attached hydrogens (primary N) is 1. The zero-order valence-electron chi connectivity index (χ0n) is 16.7. The number of rotatable bonds is 6. The highest BCUT2D eigenvalue weighted by Gasteiger charge is 2.61. The molecule has 1 aromatic rings. The number of para-hydroxylation sites is 1. The summed E-state index contributed by atoms with van der Waals surface area (Å²) < 4.78 is 16.2. The molecule has 1 aromatic carbocycles. The zero-order chi connectivity index (χ0) is 21.2. The van der Waals surface area contributed by atoms with E-state index in [1.54, 1.807) is 38.1 Å². The molecule has 1 amide bonds. The highest BCUT2D eigenvalue weighted by atomic mass is 16.5. The molecule has 0 saturated carbocycles. The molecule has 2 aliphatic rings. The number of carbonyl (C=O) groups is 3. The number of unbranched alkanes of at least 4 members (excludes halogenated alkanes) is 1. The molecule has 0 radical (unpaired) electrons. The van der Waals surface area contributed by atoms with Gasteiger partial charge in [0.2, 0.25) is 11.8 Å². The molecule has 1 unspecified atom stereocenters. The van der Waals surface area contributed by atoms with Crippen LogP contribution in [-0.4, -0.2) is 31.1 Å². The summed E-state index contributed by atoms with van der Waals surface area (Å²) in [5, 5.41) is 2.67. The number of hydrogen-bond acceptors (Lipinski definition) is 7. The van der Waals surface area contributed by atoms with E-state index in [0.29, 0.717) is 12.0 Å². The molecule has 0 fully saturated rings. The summed E-state index contributed by atoms with van der Waals surface area (Å²) in [6, 6.07) is 6.64. The highest BCUT2D eigenvalue weighted by Crippen LogP contribution is 2.51. The molecule has 154 valence electrons. The van der Waals surface area contributed by atoms with Gasteiger partial charge in [-0.25, -0.2) is 9.59 Å². The van der Waals surface area contributed by atoms with E-state index in [4.69, 9.17) is 19.9 Å². The molecule has 3 rings (SSSR count). The van der Waals surface area contributed by atoms with Crippen LogP contribution < -0.4 is 15.8 Å². The normalized spacial score (nSPS) is 20.3. The minimum Gasteiger partial charge on any atom is -0.463 e. The predicted molar refractivity (Wildman–Crippen MR) is 103 cm³/mol. The van der Waals surface area contributed by atoms with Crippen molar-refractivity contribution in [2.24, 2.45) is 5.73 Å². The lowest BCUT2D eigenvalue weighted by atomic mass is 9.67. The summed E-state index contributed by atoms with van der Waals surface area (Å²) in [7, 11) is 0. The van der Waals surface area contributed by atoms with Gasteiger partial charge in [-0.1, -0.05) is 31.5 Å². The summed E-state index contributed by atoms with van der Waals surface area (Å²) in [4.78, 5) is 39.2. The monoisotopic (exact) mass is 400 g/mol. The van der Waals surface area contributed by atoms with Crippen LogP contribution in [0.15, 0.2) is 47.0 Å². The SMILES string of the molecule is CCCCOC(=O)C1=C(N)Oc2ccccc2C12C(=O)NC(C)=C2C(=O)OCC. The van der Waals surface area contributed by atoms with Gasteiger partial charge >= 0.3 is 11.9 Å². The van der Waals surface area contributed by atoms with Crippen molar-refractivity contribution in [1.82, 2.24) is 5.32 Å². The Bertz CT molecular complexity index is 933. The molecule has 0 saturated heterocycles. The van der Waals surface area contributed by atoms with Crippen LogP contribution in [0.25, 0.3) is 0 Å². The van der Waals surface area contributed by atoms with E-state index in [-0.39, 0.29) is 41.7 Å². The molecule has 0 aromatic heterocycles. The van der Waals surface area contributed by atoms with Crippen LogP contribution in [-0.2, 0) is 29.3 Å². The van der Waals surface area contributed by atoms with Crippen molar-refractivity contribution in [3.8, 4) is 5.75 Å². The number of benzene rings is 1. The van der Waals surface area contributed by atoms with Crippen molar-refractivity contribution < 1.29 is 28.6 Å². The summed E-state index contributed by atoms with van der Waals surface area (Å²) in [6.45, 7) is 5.45. The van der Waals surface area contributed by atoms with Crippen molar-refractivity contribution in [2.45, 2.75) is 39.0 Å². The number of amides is 1. The van der Waals surface area contributed by atoms with Crippen LogP contribution in [0.2, 0.25) is 0 Å². The minimum absolute atomic E-state index is 0.00508. The maximum atomic E-state index is 13.3. The average Bonchev–Trinajstić information content (AvgIpc) is 2.92. The third-order valence-corrected chi connectivity index (χ3v) is 4.94. The van der Waals surface area contributed by atoms with Gasteiger partial charge in [0.1, 0.15) is 16.7 Å². The Morgan fingerprint density at radius 1 is 1.14 bits per heavy atom. The quantitative estimate of drug-likeness (QED) is 0.552. The Morgan fingerprint density at radius 3 is 2.52 bits per heavy atom. The Balaban J connectivity index is 2.26. The number of fused-ring (bicyclic) bond motifs is 2. The van der Waals surface area contributed by atoms with Crippen LogP contribution >= 0.6 is 0 Å². The third kappa shape index (κ3) is 3.14. The summed E-state index contributed by atoms with van der Waals surface area (Å²) in [5.74, 6) is -2.11. The van der Waals surface area contributed by atoms with Crippen molar-refractivity contribution >= 4 is 17.8 Å². The minimum atomic E-state index is -1.81. The smallest absolute Gasteiger partial charge is 0.341 e. The van der Waals surface area contributed by atoms with Crippen LogP contribution in [0.3, 0.4) is 0 Å². The van der Waals surface area contributed by atoms with Gasteiger partial charge in [-0.3, -0.25) is 4.79 Å². The second-order valence-corrected chi connectivity index (χ2v) is 6.75. The van der Waals surface area contributed by atoms with E-state index in [1.807, 2.05) is 6.92 Å². The fourth-order valence-corrected chi connectivity index (χ4v) is 3.72. The van der Waals surface area contributed by atoms with E-state index in [1.165, 1.54) is 0 Å². The van der Waals surface area contributed by atoms with Crippen LogP contribution in [0.5, 0.6) is 5.75 Å². The Morgan fingerprint density at radius 2 is 1.83 bits per heavy atom. The molecule has 29 heavy (non-hydrogen) atoms. The maximum Gasteiger partial charge on any atom is 0.341 e. The van der Waals surface area contributed by atoms with Crippen LogP contribution in [0, 0.1) is 0 Å². The predicted octanol–water partition coefficient (Wildman–Crippen LogP) is 1.80. The average molecular weight is 400 g/mol. The molecular formula is C21H24N2O6. The fourth-order valence-electron chi connectivity index (χ4n) is 3.72. The van der Waals surface area contributed by atoms with E-state index in [9.17, 15) is 14.4 Å². The number of esters is 2. The Kier molecular flexibility index (Phi) is 5.63. The lowest BCUT2D eigenvalue weighted by molar-refractivity contribution is -0.143. The summed E-state index contributed by atoms with van der Waals surface area (Å²) in [5.41, 5.74) is 4.70. The third-order valence-electron chi connectivity index (χ3n) is 4.94. The molecule has 2 heterocycles. The number of ether oxygens (including phenoxy) is 3. The maximum absolute atomic E-state index is 13.3. The Labute approximate surface area is 168 Å². The Hall–Kier alpha value is -3.29. The van der Waals surface area contributed by atoms with Gasteiger partial charge < -0.3 is 25.3 Å². The van der Waals surface area contributed by atoms with Crippen molar-refractivity contribution in [3.05, 3.63) is 52.6 Å². The largest absolute Gasteiger partial charge is 0.463 e. The molecule has 1 atom stereocenters. The fraction of sp³-hybridized carbons (Fsp3) is 0.381. The van der Waals surface area contributed by atoms with E-state index < -0.39 is 23.3 Å². The van der Waals surface area contributed by atoms with Crippen molar-refractivity contribution in [1.29, 1.82) is 0 Å². The molecule has 2 aliphatic heterocycles. The lowest BCUT2D eigenvalue weighted by Gasteiger charge is -2.35. The van der Waals surface area contributed by atoms with Gasteiger partial charge in [0.15, 0.2) is 0 Å². The van der Waals surface area contributed by atoms with Gasteiger partial charge in [-0.15, -0.1) is 0 Å². The topological polar surface area (TPSA) is 117 Å². The molecule has 1 spiro atoms. The highest BCUT2D eigenvalue weighted by molar-refractivity contribution is 6.17. The number of allylic oxidation sites excluding steroid dienone is 1. The first kappa shape index (κ1) is 20.4. The van der Waals surface area contributed by atoms with E-state index >= 15 is 0 Å². The van der Waals surface area contributed by atoms with E-state index in [0.717, 1.165) is 6.42 Å². The van der Waals surface area contributed by atoms with Crippen molar-refractivity contribution in [3.63, 3.8) is 0 Å². The molecule has 0 bridgehead atoms. The summed E-state index contributed by atoms with van der Waals surface area (Å²) in [6.07, 6.45) is 1.47. The lowest BCUT2D eigenvalue weighted by Crippen LogP contribution is -2.49. The first-order valence-corrected chi connectivity index (χ1v) is 9.54. The number of carbonyl (C=O) groups excluding carboxylic acids is 3.